The molecule has 11 heteroatoms. The zero-order valence-corrected chi connectivity index (χ0v) is 22.8. The summed E-state index contributed by atoms with van der Waals surface area (Å²) in [5.41, 5.74) is 1.92. The van der Waals surface area contributed by atoms with Gasteiger partial charge in [0.1, 0.15) is 0 Å². The molecule has 0 spiro atoms. The average Bonchev–Trinajstić information content (AvgIpc) is 3.20. The van der Waals surface area contributed by atoms with Crippen molar-refractivity contribution in [2.75, 3.05) is 12.0 Å². The van der Waals surface area contributed by atoms with Gasteiger partial charge in [0, 0.05) is 28.7 Å². The Labute approximate surface area is 237 Å². The number of hydrogen-bond acceptors (Lipinski definition) is 8. The second-order valence-corrected chi connectivity index (χ2v) is 11.1. The van der Waals surface area contributed by atoms with E-state index in [9.17, 15) is 34.3 Å². The maximum Gasteiger partial charge on any atom is 0.488 e. The van der Waals surface area contributed by atoms with E-state index in [4.69, 9.17) is 4.74 Å². The van der Waals surface area contributed by atoms with Gasteiger partial charge < -0.3 is 19.9 Å². The van der Waals surface area contributed by atoms with Crippen LogP contribution in [0.5, 0.6) is 11.5 Å². The topological polar surface area (TPSA) is 141 Å². The van der Waals surface area contributed by atoms with Gasteiger partial charge in [-0.1, -0.05) is 35.9 Å². The molecule has 2 aromatic carbocycles. The summed E-state index contributed by atoms with van der Waals surface area (Å²) in [5.74, 6) is -4.50. The minimum atomic E-state index is -1.77. The Kier molecular flexibility index (Phi) is 6.40. The van der Waals surface area contributed by atoms with E-state index >= 15 is 0 Å². The van der Waals surface area contributed by atoms with Crippen LogP contribution in [0.4, 0.5) is 5.69 Å². The number of benzene rings is 2. The number of Topliss-reactive ketones (excluding diaryl/α,β-unsaturated/α-hetero) is 1. The second-order valence-electron chi connectivity index (χ2n) is 10.3. The third kappa shape index (κ3) is 3.83. The molecule has 0 unspecified atom stereocenters. The molecule has 40 heavy (non-hydrogen) atoms. The summed E-state index contributed by atoms with van der Waals surface area (Å²) in [6.07, 6.45) is 3.39. The molecule has 202 valence electrons. The molecule has 3 aliphatic carbocycles. The van der Waals surface area contributed by atoms with Gasteiger partial charge in [0.05, 0.1) is 29.1 Å². The minimum Gasteiger partial charge on any atom is -0.504 e. The molecule has 1 saturated heterocycles. The van der Waals surface area contributed by atoms with Gasteiger partial charge in [-0.3, -0.25) is 24.1 Å². The van der Waals surface area contributed by atoms with E-state index in [2.05, 4.69) is 15.9 Å². The number of hydrogen-bond donors (Lipinski definition) is 3. The van der Waals surface area contributed by atoms with Gasteiger partial charge >= 0.3 is 7.12 Å². The van der Waals surface area contributed by atoms with Gasteiger partial charge in [-0.2, -0.15) is 0 Å². The zero-order chi connectivity index (χ0) is 28.5. The highest BCUT2D eigenvalue weighted by Crippen LogP contribution is 2.57. The maximum atomic E-state index is 14.0. The number of aromatic hydroxyl groups is 1. The van der Waals surface area contributed by atoms with Crippen molar-refractivity contribution in [3.8, 4) is 11.5 Å². The lowest BCUT2D eigenvalue weighted by atomic mass is 9.59. The van der Waals surface area contributed by atoms with Crippen LogP contribution in [-0.2, 0) is 19.2 Å². The van der Waals surface area contributed by atoms with Crippen molar-refractivity contribution < 1.29 is 39.1 Å². The number of phenols is 1. The van der Waals surface area contributed by atoms with Crippen molar-refractivity contribution in [2.45, 2.75) is 18.8 Å². The quantitative estimate of drug-likeness (QED) is 0.209. The van der Waals surface area contributed by atoms with Crippen LogP contribution in [0, 0.1) is 17.8 Å². The van der Waals surface area contributed by atoms with Gasteiger partial charge in [-0.25, -0.2) is 0 Å². The number of anilines is 1. The highest BCUT2D eigenvalue weighted by molar-refractivity contribution is 9.12. The number of nitrogens with zero attached hydrogens (tertiary/aromatic N) is 1. The van der Waals surface area contributed by atoms with E-state index < -0.39 is 42.6 Å². The first kappa shape index (κ1) is 26.4. The summed E-state index contributed by atoms with van der Waals surface area (Å²) < 4.78 is 5.42. The summed E-state index contributed by atoms with van der Waals surface area (Å²) in [6, 6.07) is 10.9. The molecule has 0 bridgehead atoms. The Morgan fingerprint density at radius 1 is 1.02 bits per heavy atom. The number of imide groups is 1. The molecule has 0 radical (unpaired) electrons. The highest BCUT2D eigenvalue weighted by atomic mass is 79.9. The van der Waals surface area contributed by atoms with Gasteiger partial charge in [0.25, 0.3) is 0 Å². The van der Waals surface area contributed by atoms with Crippen LogP contribution >= 0.6 is 15.9 Å². The smallest absolute Gasteiger partial charge is 0.488 e. The first-order chi connectivity index (χ1) is 19.1. The lowest BCUT2D eigenvalue weighted by molar-refractivity contribution is -0.123. The molecule has 6 rings (SSSR count). The molecule has 3 N–H and O–H groups in total. The third-order valence-corrected chi connectivity index (χ3v) is 8.91. The van der Waals surface area contributed by atoms with E-state index in [0.29, 0.717) is 11.1 Å². The Hall–Kier alpha value is -3.80. The molecule has 4 aliphatic rings. The van der Waals surface area contributed by atoms with Crippen molar-refractivity contribution in [2.24, 2.45) is 17.8 Å². The van der Waals surface area contributed by atoms with Crippen molar-refractivity contribution >= 4 is 57.6 Å². The molecule has 2 aromatic rings. The van der Waals surface area contributed by atoms with Crippen molar-refractivity contribution in [1.82, 2.24) is 0 Å². The molecule has 9 nitrogen and oxygen atoms in total. The Morgan fingerprint density at radius 2 is 1.77 bits per heavy atom. The fourth-order valence-electron chi connectivity index (χ4n) is 6.58. The molecule has 1 fully saturated rings. The van der Waals surface area contributed by atoms with Crippen LogP contribution in [-0.4, -0.2) is 52.8 Å². The number of carbonyl (C=O) groups excluding carboxylic acids is 4. The van der Waals surface area contributed by atoms with E-state index in [1.807, 2.05) is 6.08 Å². The fraction of sp³-hybridized carbons (Fsp3) is 0.241. The number of carbonyl (C=O) groups is 4. The number of allylic oxidation sites excluding steroid dienone is 6. The normalized spacial score (nSPS) is 25.8. The monoisotopic (exact) mass is 603 g/mol. The molecule has 0 saturated carbocycles. The third-order valence-electron chi connectivity index (χ3n) is 8.32. The van der Waals surface area contributed by atoms with E-state index in [0.717, 1.165) is 4.90 Å². The number of ketones is 2. The largest absolute Gasteiger partial charge is 0.504 e. The lowest BCUT2D eigenvalue weighted by Crippen LogP contribution is -2.39. The molecule has 2 amide bonds. The molecule has 0 aromatic heterocycles. The predicted octanol–water partition coefficient (Wildman–Crippen LogP) is 2.05. The van der Waals surface area contributed by atoms with Crippen LogP contribution in [0.15, 0.2) is 75.8 Å². The Bertz CT molecular complexity index is 1610. The summed E-state index contributed by atoms with van der Waals surface area (Å²) in [6.45, 7) is 0. The highest BCUT2D eigenvalue weighted by Gasteiger charge is 2.57. The first-order valence-electron chi connectivity index (χ1n) is 12.7. The van der Waals surface area contributed by atoms with E-state index in [-0.39, 0.29) is 62.7 Å². The number of methoxy groups -OCH3 is 1. The number of ether oxygens (including phenoxy) is 1. The van der Waals surface area contributed by atoms with Gasteiger partial charge in [-0.15, -0.1) is 0 Å². The standard InChI is InChI=1S/C29H23BBrNO8/c1-40-22-7-3-6-16(27(22)35)23-15-8-9-17-24(18(15)11-19-25(23)21(33)12-20(31)26(19)34)29(37)32(28(17)36)14-5-2-4-13(10-14)30(38)39/h2-8,10,12,17-18,23-24,35,38-39H,9,11H2,1H3/t17-,18+,23+,24-/m0/s1. The zero-order valence-electron chi connectivity index (χ0n) is 21.2. The first-order valence-corrected chi connectivity index (χ1v) is 13.5. The Balaban J connectivity index is 1.49. The van der Waals surface area contributed by atoms with Crippen molar-refractivity contribution in [1.29, 1.82) is 0 Å². The van der Waals surface area contributed by atoms with Crippen LogP contribution < -0.4 is 15.1 Å². The summed E-state index contributed by atoms with van der Waals surface area (Å²) in [4.78, 5) is 55.3. The summed E-state index contributed by atoms with van der Waals surface area (Å²) in [7, 11) is -0.362. The molecular formula is C29H23BBrNO8. The van der Waals surface area contributed by atoms with Gasteiger partial charge in [0.2, 0.25) is 11.8 Å². The van der Waals surface area contributed by atoms with Crippen LogP contribution in [0.3, 0.4) is 0 Å². The van der Waals surface area contributed by atoms with Crippen LogP contribution in [0.2, 0.25) is 0 Å². The Morgan fingerprint density at radius 3 is 2.50 bits per heavy atom. The lowest BCUT2D eigenvalue weighted by Gasteiger charge is -2.42. The molecule has 1 heterocycles. The van der Waals surface area contributed by atoms with Crippen LogP contribution in [0.1, 0.15) is 24.3 Å². The molecule has 1 aliphatic heterocycles. The minimum absolute atomic E-state index is 0.0827. The maximum absolute atomic E-state index is 14.0. The van der Waals surface area contributed by atoms with E-state index in [1.54, 1.807) is 24.3 Å². The van der Waals surface area contributed by atoms with Crippen LogP contribution in [0.25, 0.3) is 0 Å². The van der Waals surface area contributed by atoms with Gasteiger partial charge in [0.15, 0.2) is 23.1 Å². The van der Waals surface area contributed by atoms with E-state index in [1.165, 1.54) is 31.4 Å². The number of para-hydroxylation sites is 1. The number of rotatable bonds is 4. The average molecular weight is 604 g/mol. The van der Waals surface area contributed by atoms with Crippen molar-refractivity contribution in [3.63, 3.8) is 0 Å². The van der Waals surface area contributed by atoms with Crippen molar-refractivity contribution in [3.05, 3.63) is 81.4 Å². The summed E-state index contributed by atoms with van der Waals surface area (Å²) in [5, 5.41) is 30.3. The number of fused-ring (bicyclic) bond motifs is 3. The fourth-order valence-corrected chi connectivity index (χ4v) is 7.03. The molecule has 4 atom stereocenters. The van der Waals surface area contributed by atoms with Gasteiger partial charge in [-0.05, 0) is 58.4 Å². The second kappa shape index (κ2) is 9.69. The number of phenolic OH excluding ortho intramolecular Hbond substituents is 1. The summed E-state index contributed by atoms with van der Waals surface area (Å²) >= 11 is 3.20. The molecular weight excluding hydrogens is 581 g/mol. The number of amides is 2. The SMILES string of the molecule is COc1cccc([C@H]2C3=CC[C@@H]4C(=O)N(c5cccc(B(O)O)c5)C(=O)[C@@H]4[C@@H]3CC3=C2C(=O)C=C(Br)C3=O)c1O. The number of halogens is 1. The predicted molar refractivity (Wildman–Crippen MR) is 148 cm³/mol.